The molecule has 1 N–H and O–H groups in total. The minimum atomic E-state index is -0.582. The number of aryl methyl sites for hydroxylation is 2. The molecule has 0 bridgehead atoms. The Bertz CT molecular complexity index is 1220. The summed E-state index contributed by atoms with van der Waals surface area (Å²) in [6.45, 7) is 3.76. The fourth-order valence-electron chi connectivity index (χ4n) is 2.74. The number of hydrogen-bond acceptors (Lipinski definition) is 5. The second-order valence-corrected chi connectivity index (χ2v) is 6.97. The molecule has 7 nitrogen and oxygen atoms in total. The molecule has 0 atom stereocenters. The first-order valence-corrected chi connectivity index (χ1v) is 9.21. The Morgan fingerprint density at radius 1 is 1.20 bits per heavy atom. The van der Waals surface area contributed by atoms with Crippen molar-refractivity contribution in [2.45, 2.75) is 13.8 Å². The topological polar surface area (TPSA) is 109 Å². The van der Waals surface area contributed by atoms with Crippen LogP contribution in [0.1, 0.15) is 16.9 Å². The minimum Gasteiger partial charge on any atom is -0.457 e. The number of hydrogen-bond donors (Lipinski definition) is 1. The van der Waals surface area contributed by atoms with Gasteiger partial charge in [-0.25, -0.2) is 0 Å². The van der Waals surface area contributed by atoms with E-state index in [0.717, 1.165) is 11.1 Å². The highest BCUT2D eigenvalue weighted by Gasteiger charge is 2.16. The highest BCUT2D eigenvalue weighted by Crippen LogP contribution is 2.31. The maximum atomic E-state index is 12.5. The molecule has 0 saturated carbocycles. The first-order valence-electron chi connectivity index (χ1n) is 8.83. The quantitative estimate of drug-likeness (QED) is 0.247. The summed E-state index contributed by atoms with van der Waals surface area (Å²) >= 11 is 5.83. The van der Waals surface area contributed by atoms with Crippen LogP contribution < -0.4 is 5.32 Å². The average Bonchev–Trinajstić information content (AvgIpc) is 3.17. The fourth-order valence-corrected chi connectivity index (χ4v) is 2.93. The molecule has 0 fully saturated rings. The molecule has 1 aromatic heterocycles. The Morgan fingerprint density at radius 2 is 1.97 bits per heavy atom. The summed E-state index contributed by atoms with van der Waals surface area (Å²) in [5, 5.41) is 23.2. The second kappa shape index (κ2) is 8.64. The Hall–Kier alpha value is -3.89. The van der Waals surface area contributed by atoms with Crippen LogP contribution in [-0.2, 0) is 4.79 Å². The number of rotatable bonds is 5. The smallest absolute Gasteiger partial charge is 0.288 e. The normalized spacial score (nSPS) is 11.1. The number of nitrogens with zero attached hydrogens (tertiary/aromatic N) is 2. The van der Waals surface area contributed by atoms with Crippen LogP contribution in [0.3, 0.4) is 0 Å². The van der Waals surface area contributed by atoms with Crippen LogP contribution in [0.25, 0.3) is 17.4 Å². The van der Waals surface area contributed by atoms with Crippen molar-refractivity contribution < 1.29 is 14.1 Å². The molecule has 3 aromatic rings. The molecule has 0 aliphatic rings. The van der Waals surface area contributed by atoms with Gasteiger partial charge < -0.3 is 9.73 Å². The van der Waals surface area contributed by atoms with Crippen LogP contribution in [-0.4, -0.2) is 10.8 Å². The number of nitro groups is 1. The lowest BCUT2D eigenvalue weighted by molar-refractivity contribution is -0.384. The van der Waals surface area contributed by atoms with Gasteiger partial charge >= 0.3 is 0 Å². The third-order valence-electron chi connectivity index (χ3n) is 4.35. The van der Waals surface area contributed by atoms with Gasteiger partial charge in [0.25, 0.3) is 11.6 Å². The molecule has 0 saturated heterocycles. The van der Waals surface area contributed by atoms with E-state index >= 15 is 0 Å². The zero-order chi connectivity index (χ0) is 21.8. The van der Waals surface area contributed by atoms with Crippen molar-refractivity contribution in [3.8, 4) is 17.4 Å². The van der Waals surface area contributed by atoms with Crippen molar-refractivity contribution in [2.24, 2.45) is 0 Å². The van der Waals surface area contributed by atoms with Gasteiger partial charge in [0.1, 0.15) is 28.2 Å². The predicted molar refractivity (Wildman–Crippen MR) is 114 cm³/mol. The molecule has 0 unspecified atom stereocenters. The first-order chi connectivity index (χ1) is 14.3. The third kappa shape index (κ3) is 4.57. The summed E-state index contributed by atoms with van der Waals surface area (Å²) in [5.41, 5.74) is 2.54. The number of anilines is 1. The number of amides is 1. The lowest BCUT2D eigenvalue weighted by atomic mass is 10.1. The lowest BCUT2D eigenvalue weighted by Crippen LogP contribution is -2.14. The van der Waals surface area contributed by atoms with Crippen LogP contribution in [0.15, 0.2) is 58.5 Å². The molecular formula is C22H16ClN3O4. The average molecular weight is 422 g/mol. The SMILES string of the molecule is Cc1ccc(C)c(NC(=O)/C(C#N)=C/c2ccc(-c3ccc(Cl)c([N+](=O)[O-])c3)o2)c1. The van der Waals surface area contributed by atoms with Crippen LogP contribution in [0.4, 0.5) is 11.4 Å². The van der Waals surface area contributed by atoms with Gasteiger partial charge in [-0.2, -0.15) is 5.26 Å². The van der Waals surface area contributed by atoms with Gasteiger partial charge in [-0.1, -0.05) is 23.7 Å². The maximum Gasteiger partial charge on any atom is 0.288 e. The molecule has 2 aromatic carbocycles. The van der Waals surface area contributed by atoms with Crippen LogP contribution >= 0.6 is 11.6 Å². The van der Waals surface area contributed by atoms with E-state index in [1.165, 1.54) is 18.2 Å². The summed E-state index contributed by atoms with van der Waals surface area (Å²) < 4.78 is 5.65. The molecule has 1 heterocycles. The van der Waals surface area contributed by atoms with Gasteiger partial charge in [0.05, 0.1) is 4.92 Å². The van der Waals surface area contributed by atoms with Crippen molar-refractivity contribution in [1.82, 2.24) is 0 Å². The second-order valence-electron chi connectivity index (χ2n) is 6.57. The van der Waals surface area contributed by atoms with Crippen molar-refractivity contribution >= 4 is 35.0 Å². The van der Waals surface area contributed by atoms with Crippen LogP contribution in [0, 0.1) is 35.3 Å². The maximum absolute atomic E-state index is 12.5. The zero-order valence-corrected chi connectivity index (χ0v) is 16.9. The summed E-state index contributed by atoms with van der Waals surface area (Å²) in [4.78, 5) is 23.0. The number of carbonyl (C=O) groups excluding carboxylic acids is 1. The van der Waals surface area contributed by atoms with Gasteiger partial charge in [-0.05, 0) is 55.3 Å². The Morgan fingerprint density at radius 3 is 2.67 bits per heavy atom. The van der Waals surface area contributed by atoms with Crippen molar-refractivity contribution in [1.29, 1.82) is 5.26 Å². The number of carbonyl (C=O) groups is 1. The minimum absolute atomic E-state index is 0.0188. The van der Waals surface area contributed by atoms with Crippen LogP contribution in [0.2, 0.25) is 5.02 Å². The van der Waals surface area contributed by atoms with Crippen molar-refractivity contribution in [2.75, 3.05) is 5.32 Å². The summed E-state index contributed by atoms with van der Waals surface area (Å²) in [6.07, 6.45) is 1.31. The van der Waals surface area contributed by atoms with Crippen LogP contribution in [0.5, 0.6) is 0 Å². The molecule has 0 radical (unpaired) electrons. The molecule has 0 aliphatic carbocycles. The zero-order valence-electron chi connectivity index (χ0n) is 16.1. The lowest BCUT2D eigenvalue weighted by Gasteiger charge is -2.08. The van der Waals surface area contributed by atoms with Crippen molar-refractivity contribution in [3.05, 3.63) is 86.1 Å². The van der Waals surface area contributed by atoms with E-state index in [-0.39, 0.29) is 22.0 Å². The number of furan rings is 1. The van der Waals surface area contributed by atoms with E-state index < -0.39 is 10.8 Å². The Balaban J connectivity index is 1.86. The van der Waals surface area contributed by atoms with Gasteiger partial charge in [0, 0.05) is 23.4 Å². The van der Waals surface area contributed by atoms with E-state index in [0.29, 0.717) is 17.0 Å². The van der Waals surface area contributed by atoms with Gasteiger partial charge in [0.15, 0.2) is 0 Å². The number of halogens is 1. The fraction of sp³-hybridized carbons (Fsp3) is 0.0909. The van der Waals surface area contributed by atoms with E-state index in [9.17, 15) is 20.2 Å². The highest BCUT2D eigenvalue weighted by molar-refractivity contribution is 6.32. The predicted octanol–water partition coefficient (Wildman–Crippen LogP) is 5.67. The molecular weight excluding hydrogens is 406 g/mol. The number of nitriles is 1. The molecule has 30 heavy (non-hydrogen) atoms. The van der Waals surface area contributed by atoms with E-state index in [1.807, 2.05) is 38.1 Å². The van der Waals surface area contributed by atoms with E-state index in [1.54, 1.807) is 18.2 Å². The molecule has 150 valence electrons. The third-order valence-corrected chi connectivity index (χ3v) is 4.67. The first kappa shape index (κ1) is 20.8. The number of nitro benzene ring substituents is 1. The standard InChI is InChI=1S/C22H16ClN3O4/c1-13-3-4-14(2)19(9-13)25-22(27)16(12-24)10-17-6-8-21(30-17)15-5-7-18(23)20(11-15)26(28)29/h3-11H,1-2H3,(H,25,27)/b16-10+. The highest BCUT2D eigenvalue weighted by atomic mass is 35.5. The largest absolute Gasteiger partial charge is 0.457 e. The molecule has 8 heteroatoms. The summed E-state index contributed by atoms with van der Waals surface area (Å²) in [5.74, 6) is 0.0368. The monoisotopic (exact) mass is 421 g/mol. The molecule has 0 spiro atoms. The molecule has 3 rings (SSSR count). The number of nitrogens with one attached hydrogen (secondary N) is 1. The van der Waals surface area contributed by atoms with Gasteiger partial charge in [0.2, 0.25) is 0 Å². The summed E-state index contributed by atoms with van der Waals surface area (Å²) in [6, 6.07) is 14.9. The molecule has 1 amide bonds. The molecule has 0 aliphatic heterocycles. The van der Waals surface area contributed by atoms with Crippen molar-refractivity contribution in [3.63, 3.8) is 0 Å². The van der Waals surface area contributed by atoms with Gasteiger partial charge in [-0.3, -0.25) is 14.9 Å². The van der Waals surface area contributed by atoms with Gasteiger partial charge in [-0.15, -0.1) is 0 Å². The van der Waals surface area contributed by atoms with E-state index in [4.69, 9.17) is 16.0 Å². The Kier molecular flexibility index (Phi) is 6.00. The Labute approximate surface area is 177 Å². The number of benzene rings is 2. The summed E-state index contributed by atoms with van der Waals surface area (Å²) in [7, 11) is 0. The van der Waals surface area contributed by atoms with E-state index in [2.05, 4.69) is 5.32 Å².